The van der Waals surface area contributed by atoms with Crippen LogP contribution in [0.4, 0.5) is 19.0 Å². The topological polar surface area (TPSA) is 63.5 Å². The van der Waals surface area contributed by atoms with E-state index in [2.05, 4.69) is 10.1 Å². The summed E-state index contributed by atoms with van der Waals surface area (Å²) in [5.41, 5.74) is -1.08. The fraction of sp³-hybridized carbons (Fsp3) is 0.471. The predicted molar refractivity (Wildman–Crippen MR) is 96.7 cm³/mol. The Kier molecular flexibility index (Phi) is 5.80. The number of hydrogen-bond acceptors (Lipinski definition) is 6. The first kappa shape index (κ1) is 20.4. The van der Waals surface area contributed by atoms with Crippen molar-refractivity contribution in [2.24, 2.45) is 0 Å². The van der Waals surface area contributed by atoms with E-state index in [1.54, 1.807) is 11.0 Å². The molecule has 0 N–H and O–H groups in total. The predicted octanol–water partition coefficient (Wildman–Crippen LogP) is 2.79. The van der Waals surface area contributed by atoms with Gasteiger partial charge in [0.15, 0.2) is 18.1 Å². The number of carbonyl (C=O) groups is 1. The molecule has 7 nitrogen and oxygen atoms in total. The molecule has 1 aliphatic heterocycles. The average molecular weight is 418 g/mol. The number of hydrogen-bond donors (Lipinski definition) is 0. The summed E-state index contributed by atoms with van der Waals surface area (Å²) in [5, 5.41) is 3.08. The molecule has 1 saturated heterocycles. The van der Waals surface area contributed by atoms with E-state index >= 15 is 0 Å². The molecule has 1 aliphatic rings. The summed E-state index contributed by atoms with van der Waals surface area (Å²) >= 11 is 5.80. The lowest BCUT2D eigenvalue weighted by Gasteiger charge is -2.38. The molecule has 152 valence electrons. The van der Waals surface area contributed by atoms with E-state index in [4.69, 9.17) is 16.3 Å². The maximum Gasteiger partial charge on any atom is 0.436 e. The van der Waals surface area contributed by atoms with Crippen molar-refractivity contribution in [2.45, 2.75) is 19.3 Å². The van der Waals surface area contributed by atoms with E-state index in [0.29, 0.717) is 38.3 Å². The Labute approximate surface area is 164 Å². The molecular weight excluding hydrogens is 399 g/mol. The van der Waals surface area contributed by atoms with Gasteiger partial charge in [-0.1, -0.05) is 17.7 Å². The van der Waals surface area contributed by atoms with Crippen molar-refractivity contribution in [1.82, 2.24) is 19.7 Å². The standard InChI is InChI=1S/C17H19ClF3N5O2/c1-11-15(18)16(17(19,20)21)23-26(11)14(10-27)25-8-6-24(7-9-25)12-4-3-5-13(22-12)28-2/h3-5,10,14H,6-9H2,1-2H3. The molecule has 0 radical (unpaired) electrons. The second kappa shape index (κ2) is 7.96. The lowest BCUT2D eigenvalue weighted by Crippen LogP contribution is -2.49. The van der Waals surface area contributed by atoms with E-state index in [9.17, 15) is 18.0 Å². The van der Waals surface area contributed by atoms with Crippen LogP contribution < -0.4 is 9.64 Å². The zero-order chi connectivity index (χ0) is 20.5. The first-order valence-electron chi connectivity index (χ1n) is 8.53. The Morgan fingerprint density at radius 2 is 1.93 bits per heavy atom. The van der Waals surface area contributed by atoms with Gasteiger partial charge in [0.05, 0.1) is 17.8 Å². The average Bonchev–Trinajstić information content (AvgIpc) is 2.98. The fourth-order valence-corrected chi connectivity index (χ4v) is 3.38. The Morgan fingerprint density at radius 3 is 2.46 bits per heavy atom. The molecule has 0 bridgehead atoms. The maximum absolute atomic E-state index is 13.1. The summed E-state index contributed by atoms with van der Waals surface area (Å²) in [6.45, 7) is 3.40. The largest absolute Gasteiger partial charge is 0.481 e. The third-order valence-electron chi connectivity index (χ3n) is 4.65. The van der Waals surface area contributed by atoms with E-state index in [0.717, 1.165) is 10.5 Å². The van der Waals surface area contributed by atoms with Crippen LogP contribution in [0.25, 0.3) is 0 Å². The highest BCUT2D eigenvalue weighted by molar-refractivity contribution is 6.32. The monoisotopic (exact) mass is 417 g/mol. The van der Waals surface area contributed by atoms with Gasteiger partial charge in [0.25, 0.3) is 0 Å². The number of alkyl halides is 3. The van der Waals surface area contributed by atoms with Crippen LogP contribution in [0.3, 0.4) is 0 Å². The maximum atomic E-state index is 13.1. The molecule has 1 fully saturated rings. The van der Waals surface area contributed by atoms with Crippen LogP contribution in [0.15, 0.2) is 18.2 Å². The Morgan fingerprint density at radius 1 is 1.25 bits per heavy atom. The molecule has 0 spiro atoms. The summed E-state index contributed by atoms with van der Waals surface area (Å²) in [4.78, 5) is 19.9. The van der Waals surface area contributed by atoms with Crippen LogP contribution in [-0.2, 0) is 11.0 Å². The first-order valence-corrected chi connectivity index (χ1v) is 8.91. The molecule has 2 aromatic heterocycles. The summed E-state index contributed by atoms with van der Waals surface area (Å²) in [7, 11) is 1.53. The van der Waals surface area contributed by atoms with Crippen LogP contribution in [0, 0.1) is 6.92 Å². The van der Waals surface area contributed by atoms with Crippen LogP contribution in [0.1, 0.15) is 17.6 Å². The third kappa shape index (κ3) is 3.93. The van der Waals surface area contributed by atoms with Gasteiger partial charge in [-0.3, -0.25) is 9.69 Å². The molecule has 11 heteroatoms. The van der Waals surface area contributed by atoms with Gasteiger partial charge in [-0.05, 0) is 13.0 Å². The number of rotatable bonds is 5. The Hall–Kier alpha value is -2.33. The molecule has 3 heterocycles. The zero-order valence-corrected chi connectivity index (χ0v) is 16.0. The molecule has 0 aliphatic carbocycles. The number of nitrogens with zero attached hydrogens (tertiary/aromatic N) is 5. The molecule has 28 heavy (non-hydrogen) atoms. The number of aldehydes is 1. The number of aromatic nitrogens is 3. The van der Waals surface area contributed by atoms with E-state index in [-0.39, 0.29) is 5.69 Å². The van der Waals surface area contributed by atoms with Crippen molar-refractivity contribution in [2.75, 3.05) is 38.2 Å². The minimum Gasteiger partial charge on any atom is -0.481 e. The second-order valence-corrected chi connectivity index (χ2v) is 6.68. The van der Waals surface area contributed by atoms with Crippen molar-refractivity contribution in [1.29, 1.82) is 0 Å². The number of pyridine rings is 1. The van der Waals surface area contributed by atoms with Gasteiger partial charge >= 0.3 is 6.18 Å². The molecule has 0 amide bonds. The first-order chi connectivity index (χ1) is 13.3. The van der Waals surface area contributed by atoms with E-state index in [1.165, 1.54) is 14.0 Å². The van der Waals surface area contributed by atoms with Gasteiger partial charge in [0, 0.05) is 32.2 Å². The number of methoxy groups -OCH3 is 1. The summed E-state index contributed by atoms with van der Waals surface area (Å²) in [5.74, 6) is 1.23. The number of ether oxygens (including phenoxy) is 1. The van der Waals surface area contributed by atoms with Gasteiger partial charge in [-0.2, -0.15) is 23.3 Å². The minimum atomic E-state index is -4.68. The number of carbonyl (C=O) groups excluding carboxylic acids is 1. The molecule has 1 unspecified atom stereocenters. The van der Waals surface area contributed by atoms with Gasteiger partial charge in [0.2, 0.25) is 5.88 Å². The highest BCUT2D eigenvalue weighted by atomic mass is 35.5. The summed E-state index contributed by atoms with van der Waals surface area (Å²) in [6.07, 6.45) is -5.07. The van der Waals surface area contributed by atoms with Crippen LogP contribution in [-0.4, -0.2) is 59.2 Å². The SMILES string of the molecule is COc1cccc(N2CCN(C(C=O)n3nc(C(F)(F)F)c(Cl)c3C)CC2)n1. The molecule has 2 aromatic rings. The number of anilines is 1. The molecule has 0 aromatic carbocycles. The lowest BCUT2D eigenvalue weighted by molar-refractivity contribution is -0.142. The fourth-order valence-electron chi connectivity index (χ4n) is 3.14. The van der Waals surface area contributed by atoms with Crippen LogP contribution in [0.2, 0.25) is 5.02 Å². The van der Waals surface area contributed by atoms with Crippen molar-refractivity contribution in [3.05, 3.63) is 34.6 Å². The van der Waals surface area contributed by atoms with Gasteiger partial charge in [0.1, 0.15) is 5.82 Å². The van der Waals surface area contributed by atoms with Gasteiger partial charge in [-0.25, -0.2) is 4.68 Å². The van der Waals surface area contributed by atoms with E-state index in [1.807, 2.05) is 17.0 Å². The van der Waals surface area contributed by atoms with Gasteiger partial charge < -0.3 is 9.64 Å². The minimum absolute atomic E-state index is 0.1000. The number of halogens is 4. The van der Waals surface area contributed by atoms with Crippen molar-refractivity contribution in [3.8, 4) is 5.88 Å². The summed E-state index contributed by atoms with van der Waals surface area (Å²) < 4.78 is 45.4. The van der Waals surface area contributed by atoms with Crippen molar-refractivity contribution in [3.63, 3.8) is 0 Å². The Bertz CT molecular complexity index is 850. The molecule has 3 rings (SSSR count). The smallest absolute Gasteiger partial charge is 0.436 e. The zero-order valence-electron chi connectivity index (χ0n) is 15.3. The van der Waals surface area contributed by atoms with Crippen LogP contribution >= 0.6 is 11.6 Å². The van der Waals surface area contributed by atoms with Crippen LogP contribution in [0.5, 0.6) is 5.88 Å². The quantitative estimate of drug-likeness (QED) is 0.697. The van der Waals surface area contributed by atoms with Crippen molar-refractivity contribution < 1.29 is 22.7 Å². The summed E-state index contributed by atoms with van der Waals surface area (Å²) in [6, 6.07) is 5.42. The van der Waals surface area contributed by atoms with E-state index < -0.39 is 23.1 Å². The third-order valence-corrected chi connectivity index (χ3v) is 5.10. The highest BCUT2D eigenvalue weighted by Gasteiger charge is 2.39. The molecule has 1 atom stereocenters. The van der Waals surface area contributed by atoms with Gasteiger partial charge in [-0.15, -0.1) is 0 Å². The number of piperazine rings is 1. The second-order valence-electron chi connectivity index (χ2n) is 6.30. The lowest BCUT2D eigenvalue weighted by atomic mass is 10.2. The normalized spacial score (nSPS) is 16.9. The Balaban J connectivity index is 1.76. The highest BCUT2D eigenvalue weighted by Crippen LogP contribution is 2.36. The molecule has 0 saturated carbocycles. The molecular formula is C17H19ClF3N5O2. The van der Waals surface area contributed by atoms with Crippen molar-refractivity contribution >= 4 is 23.7 Å².